The van der Waals surface area contributed by atoms with Gasteiger partial charge in [0.1, 0.15) is 0 Å². The molecule has 4 nitrogen and oxygen atoms in total. The SMILES string of the molecule is C=C[C@@H]1OCC[C@H]1CNC1=NCCN1C. The van der Waals surface area contributed by atoms with E-state index in [-0.39, 0.29) is 6.10 Å². The highest BCUT2D eigenvalue weighted by atomic mass is 16.5. The third-order valence-corrected chi connectivity index (χ3v) is 3.08. The Morgan fingerprint density at radius 2 is 2.60 bits per heavy atom. The topological polar surface area (TPSA) is 36.9 Å². The van der Waals surface area contributed by atoms with Crippen LogP contribution in [0.15, 0.2) is 17.6 Å². The predicted octanol–water partition coefficient (Wildman–Crippen LogP) is 0.468. The predicted molar refractivity (Wildman–Crippen MR) is 61.0 cm³/mol. The fraction of sp³-hybridized carbons (Fsp3) is 0.727. The number of nitrogens with one attached hydrogen (secondary N) is 1. The molecule has 1 fully saturated rings. The molecule has 0 spiro atoms. The van der Waals surface area contributed by atoms with E-state index in [1.807, 2.05) is 6.08 Å². The molecule has 2 heterocycles. The summed E-state index contributed by atoms with van der Waals surface area (Å²) in [5.41, 5.74) is 0. The van der Waals surface area contributed by atoms with Crippen LogP contribution >= 0.6 is 0 Å². The Bertz CT molecular complexity index is 265. The minimum atomic E-state index is 0.213. The molecule has 0 saturated carbocycles. The lowest BCUT2D eigenvalue weighted by molar-refractivity contribution is 0.128. The molecule has 0 aliphatic carbocycles. The van der Waals surface area contributed by atoms with Crippen LogP contribution in [0.25, 0.3) is 0 Å². The van der Waals surface area contributed by atoms with Crippen molar-refractivity contribution in [3.63, 3.8) is 0 Å². The standard InChI is InChI=1S/C11H19N3O/c1-3-10-9(4-7-15-10)8-13-11-12-5-6-14(11)2/h3,9-10H,1,4-8H2,2H3,(H,12,13)/t9-,10-/m0/s1. The third kappa shape index (κ3) is 2.31. The van der Waals surface area contributed by atoms with Crippen LogP contribution in [0.3, 0.4) is 0 Å². The smallest absolute Gasteiger partial charge is 0.193 e. The molecule has 0 aromatic heterocycles. The van der Waals surface area contributed by atoms with Crippen molar-refractivity contribution in [2.24, 2.45) is 10.9 Å². The summed E-state index contributed by atoms with van der Waals surface area (Å²) in [5, 5.41) is 3.39. The molecule has 4 heteroatoms. The van der Waals surface area contributed by atoms with Gasteiger partial charge in [-0.1, -0.05) is 6.08 Å². The molecule has 0 bridgehead atoms. The molecule has 2 aliphatic rings. The molecule has 0 aromatic rings. The minimum Gasteiger partial charge on any atom is -0.374 e. The highest BCUT2D eigenvalue weighted by Crippen LogP contribution is 2.20. The first kappa shape index (κ1) is 10.5. The number of guanidine groups is 1. The monoisotopic (exact) mass is 209 g/mol. The van der Waals surface area contributed by atoms with Crippen molar-refractivity contribution < 1.29 is 4.74 Å². The quantitative estimate of drug-likeness (QED) is 0.686. The van der Waals surface area contributed by atoms with Crippen LogP contribution < -0.4 is 5.32 Å². The average Bonchev–Trinajstić information content (AvgIpc) is 2.83. The highest BCUT2D eigenvalue weighted by molar-refractivity contribution is 5.81. The molecular weight excluding hydrogens is 190 g/mol. The molecule has 0 unspecified atom stereocenters. The van der Waals surface area contributed by atoms with Gasteiger partial charge in [0, 0.05) is 32.7 Å². The summed E-state index contributed by atoms with van der Waals surface area (Å²) in [7, 11) is 2.06. The number of hydrogen-bond donors (Lipinski definition) is 1. The first-order valence-corrected chi connectivity index (χ1v) is 5.55. The van der Waals surface area contributed by atoms with E-state index in [4.69, 9.17) is 4.74 Å². The molecule has 84 valence electrons. The molecule has 0 amide bonds. The Labute approximate surface area is 91.0 Å². The number of hydrogen-bond acceptors (Lipinski definition) is 4. The van der Waals surface area contributed by atoms with Gasteiger partial charge in [0.15, 0.2) is 5.96 Å². The van der Waals surface area contributed by atoms with E-state index in [2.05, 4.69) is 28.8 Å². The largest absolute Gasteiger partial charge is 0.374 e. The maximum Gasteiger partial charge on any atom is 0.193 e. The van der Waals surface area contributed by atoms with Gasteiger partial charge in [-0.05, 0) is 6.42 Å². The second kappa shape index (κ2) is 4.66. The third-order valence-electron chi connectivity index (χ3n) is 3.08. The lowest BCUT2D eigenvalue weighted by Crippen LogP contribution is -2.39. The van der Waals surface area contributed by atoms with Crippen LogP contribution in [0.4, 0.5) is 0 Å². The van der Waals surface area contributed by atoms with Gasteiger partial charge in [0.2, 0.25) is 0 Å². The average molecular weight is 209 g/mol. The van der Waals surface area contributed by atoms with Gasteiger partial charge in [0.25, 0.3) is 0 Å². The summed E-state index contributed by atoms with van der Waals surface area (Å²) in [6, 6.07) is 0. The molecule has 15 heavy (non-hydrogen) atoms. The lowest BCUT2D eigenvalue weighted by atomic mass is 10.0. The number of aliphatic imine (C=N–C) groups is 1. The first-order valence-electron chi connectivity index (χ1n) is 5.55. The van der Waals surface area contributed by atoms with E-state index in [0.29, 0.717) is 5.92 Å². The van der Waals surface area contributed by atoms with E-state index >= 15 is 0 Å². The molecule has 2 atom stereocenters. The molecule has 1 N–H and O–H groups in total. The van der Waals surface area contributed by atoms with E-state index in [1.54, 1.807) is 0 Å². The Balaban J connectivity index is 1.80. The number of nitrogens with zero attached hydrogens (tertiary/aromatic N) is 2. The zero-order valence-corrected chi connectivity index (χ0v) is 9.28. The maximum absolute atomic E-state index is 5.55. The van der Waals surface area contributed by atoms with Crippen LogP contribution in [0.5, 0.6) is 0 Å². The fourth-order valence-corrected chi connectivity index (χ4v) is 2.08. The van der Waals surface area contributed by atoms with E-state index in [9.17, 15) is 0 Å². The van der Waals surface area contributed by atoms with E-state index < -0.39 is 0 Å². The fourth-order valence-electron chi connectivity index (χ4n) is 2.08. The van der Waals surface area contributed by atoms with Crippen molar-refractivity contribution in [2.45, 2.75) is 12.5 Å². The number of ether oxygens (including phenoxy) is 1. The van der Waals surface area contributed by atoms with Gasteiger partial charge >= 0.3 is 0 Å². The maximum atomic E-state index is 5.55. The molecule has 2 aliphatic heterocycles. The summed E-state index contributed by atoms with van der Waals surface area (Å²) < 4.78 is 5.55. The summed E-state index contributed by atoms with van der Waals surface area (Å²) in [5.74, 6) is 1.56. The van der Waals surface area contributed by atoms with Gasteiger partial charge in [-0.25, -0.2) is 0 Å². The Morgan fingerprint density at radius 1 is 1.73 bits per heavy atom. The second-order valence-electron chi connectivity index (χ2n) is 4.13. The Morgan fingerprint density at radius 3 is 3.27 bits per heavy atom. The van der Waals surface area contributed by atoms with E-state index in [0.717, 1.165) is 38.6 Å². The zero-order chi connectivity index (χ0) is 10.7. The first-order chi connectivity index (χ1) is 7.31. The Kier molecular flexibility index (Phi) is 3.26. The molecule has 2 rings (SSSR count). The Hall–Kier alpha value is -1.03. The summed E-state index contributed by atoms with van der Waals surface area (Å²) in [6.07, 6.45) is 3.23. The van der Waals surface area contributed by atoms with Crippen molar-refractivity contribution in [1.82, 2.24) is 10.2 Å². The molecule has 0 aromatic carbocycles. The van der Waals surface area contributed by atoms with Crippen molar-refractivity contribution in [1.29, 1.82) is 0 Å². The zero-order valence-electron chi connectivity index (χ0n) is 9.28. The highest BCUT2D eigenvalue weighted by Gasteiger charge is 2.26. The van der Waals surface area contributed by atoms with Crippen LogP contribution in [-0.4, -0.2) is 50.3 Å². The molecule has 1 saturated heterocycles. The minimum absolute atomic E-state index is 0.213. The van der Waals surface area contributed by atoms with Crippen molar-refractivity contribution in [3.05, 3.63) is 12.7 Å². The lowest BCUT2D eigenvalue weighted by Gasteiger charge is -2.19. The van der Waals surface area contributed by atoms with Gasteiger partial charge in [-0.2, -0.15) is 0 Å². The number of likely N-dealkylation sites (N-methyl/N-ethyl adjacent to an activating group) is 1. The number of rotatable bonds is 3. The molecule has 0 radical (unpaired) electrons. The summed E-state index contributed by atoms with van der Waals surface area (Å²) in [6.45, 7) is 7.51. The van der Waals surface area contributed by atoms with Crippen LogP contribution in [-0.2, 0) is 4.74 Å². The van der Waals surface area contributed by atoms with Crippen molar-refractivity contribution >= 4 is 5.96 Å². The van der Waals surface area contributed by atoms with Crippen LogP contribution in [0.2, 0.25) is 0 Å². The van der Waals surface area contributed by atoms with Gasteiger partial charge in [-0.3, -0.25) is 4.99 Å². The normalized spacial score (nSPS) is 30.5. The van der Waals surface area contributed by atoms with Gasteiger partial charge in [0.05, 0.1) is 12.6 Å². The van der Waals surface area contributed by atoms with Crippen LogP contribution in [0.1, 0.15) is 6.42 Å². The summed E-state index contributed by atoms with van der Waals surface area (Å²) >= 11 is 0. The second-order valence-corrected chi connectivity index (χ2v) is 4.13. The van der Waals surface area contributed by atoms with Crippen LogP contribution in [0, 0.1) is 5.92 Å². The molecular formula is C11H19N3O. The van der Waals surface area contributed by atoms with Gasteiger partial charge in [-0.15, -0.1) is 6.58 Å². The van der Waals surface area contributed by atoms with Gasteiger partial charge < -0.3 is 15.0 Å². The van der Waals surface area contributed by atoms with Crippen molar-refractivity contribution in [3.8, 4) is 0 Å². The van der Waals surface area contributed by atoms with E-state index in [1.165, 1.54) is 0 Å². The van der Waals surface area contributed by atoms with Crippen molar-refractivity contribution in [2.75, 3.05) is 33.3 Å². The summed E-state index contributed by atoms with van der Waals surface area (Å²) in [4.78, 5) is 6.54.